The Morgan fingerprint density at radius 2 is 2.03 bits per heavy atom. The van der Waals surface area contributed by atoms with E-state index in [4.69, 9.17) is 9.47 Å². The van der Waals surface area contributed by atoms with Gasteiger partial charge in [-0.1, -0.05) is 6.07 Å². The fraction of sp³-hybridized carbons (Fsp3) is 0.318. The number of hydrogen-bond acceptors (Lipinski definition) is 5. The third-order valence-electron chi connectivity index (χ3n) is 5.62. The number of rotatable bonds is 3. The van der Waals surface area contributed by atoms with E-state index < -0.39 is 17.7 Å². The summed E-state index contributed by atoms with van der Waals surface area (Å²) in [6.45, 7) is 0.708. The molecule has 5 rings (SSSR count). The van der Waals surface area contributed by atoms with E-state index in [1.807, 2.05) is 0 Å². The van der Waals surface area contributed by atoms with Gasteiger partial charge in [0.1, 0.15) is 34.9 Å². The third-order valence-corrected chi connectivity index (χ3v) is 5.62. The van der Waals surface area contributed by atoms with Crippen LogP contribution in [0, 0.1) is 11.6 Å². The number of nitrogens with one attached hydrogen (secondary N) is 1. The molecule has 2 aromatic carbocycles. The van der Waals surface area contributed by atoms with Gasteiger partial charge in [0.15, 0.2) is 6.61 Å². The van der Waals surface area contributed by atoms with Gasteiger partial charge in [0, 0.05) is 31.7 Å². The van der Waals surface area contributed by atoms with Gasteiger partial charge in [0.25, 0.3) is 5.91 Å². The molecule has 0 radical (unpaired) electrons. The Kier molecular flexibility index (Phi) is 5.12. The zero-order valence-corrected chi connectivity index (χ0v) is 17.0. The number of amides is 3. The number of likely N-dealkylation sites (tertiary alicyclic amines) is 1. The number of hydrazone groups is 1. The smallest absolute Gasteiger partial charge is 0.341 e. The lowest BCUT2D eigenvalue weighted by Crippen LogP contribution is -2.40. The van der Waals surface area contributed by atoms with Crippen molar-refractivity contribution in [2.75, 3.05) is 25.0 Å². The van der Waals surface area contributed by atoms with E-state index in [1.54, 1.807) is 29.3 Å². The topological polar surface area (TPSA) is 83.5 Å². The highest BCUT2D eigenvalue weighted by atomic mass is 19.1. The fourth-order valence-electron chi connectivity index (χ4n) is 4.14. The van der Waals surface area contributed by atoms with Gasteiger partial charge in [-0.25, -0.2) is 18.6 Å². The summed E-state index contributed by atoms with van der Waals surface area (Å²) in [5.41, 5.74) is 0.831. The van der Waals surface area contributed by atoms with Crippen LogP contribution in [0.1, 0.15) is 24.4 Å². The normalized spacial score (nSPS) is 21.9. The van der Waals surface area contributed by atoms with E-state index in [0.29, 0.717) is 48.7 Å². The molecule has 0 bridgehead atoms. The minimum absolute atomic E-state index is 0.0467. The lowest BCUT2D eigenvalue weighted by molar-refractivity contribution is -0.118. The summed E-state index contributed by atoms with van der Waals surface area (Å²) in [6, 6.07) is 7.55. The number of halogens is 2. The van der Waals surface area contributed by atoms with Crippen molar-refractivity contribution in [2.24, 2.45) is 5.10 Å². The monoisotopic (exact) mass is 442 g/mol. The Bertz CT molecular complexity index is 1090. The Hall–Kier alpha value is -3.69. The Balaban J connectivity index is 1.27. The highest BCUT2D eigenvalue weighted by Crippen LogP contribution is 2.38. The minimum atomic E-state index is -0.698. The lowest BCUT2D eigenvalue weighted by atomic mass is 10.0. The first kappa shape index (κ1) is 20.2. The van der Waals surface area contributed by atoms with E-state index in [2.05, 4.69) is 10.4 Å². The molecule has 2 atom stereocenters. The van der Waals surface area contributed by atoms with Gasteiger partial charge in [-0.15, -0.1) is 0 Å². The summed E-state index contributed by atoms with van der Waals surface area (Å²) in [5.74, 6) is -0.650. The number of nitrogens with zero attached hydrogens (tertiary/aromatic N) is 3. The molecule has 1 saturated heterocycles. The number of anilines is 1. The molecule has 0 aliphatic carbocycles. The average Bonchev–Trinajstić information content (AvgIpc) is 3.43. The Morgan fingerprint density at radius 1 is 1.22 bits per heavy atom. The van der Waals surface area contributed by atoms with Crippen molar-refractivity contribution in [1.29, 1.82) is 0 Å². The molecule has 1 N–H and O–H groups in total. The van der Waals surface area contributed by atoms with Crippen molar-refractivity contribution in [3.63, 3.8) is 0 Å². The van der Waals surface area contributed by atoms with E-state index >= 15 is 0 Å². The molecule has 0 aromatic heterocycles. The first-order valence-electron chi connectivity index (χ1n) is 10.3. The van der Waals surface area contributed by atoms with E-state index in [9.17, 15) is 18.4 Å². The van der Waals surface area contributed by atoms with Gasteiger partial charge < -0.3 is 19.7 Å². The number of fused-ring (bicyclic) bond motifs is 1. The maximum atomic E-state index is 13.7. The average molecular weight is 442 g/mol. The summed E-state index contributed by atoms with van der Waals surface area (Å²) in [4.78, 5) is 26.4. The summed E-state index contributed by atoms with van der Waals surface area (Å²) < 4.78 is 38.8. The first-order chi connectivity index (χ1) is 15.5. The van der Waals surface area contributed by atoms with Crippen molar-refractivity contribution in [2.45, 2.75) is 25.0 Å². The van der Waals surface area contributed by atoms with Crippen molar-refractivity contribution in [3.8, 4) is 11.5 Å². The molecule has 0 saturated carbocycles. The van der Waals surface area contributed by atoms with Crippen LogP contribution in [0.25, 0.3) is 0 Å². The molecular formula is C22H20F2N4O4. The van der Waals surface area contributed by atoms with Crippen LogP contribution < -0.4 is 14.8 Å². The molecule has 2 aromatic rings. The van der Waals surface area contributed by atoms with Crippen LogP contribution in [0.5, 0.6) is 11.5 Å². The van der Waals surface area contributed by atoms with Crippen molar-refractivity contribution in [1.82, 2.24) is 9.91 Å². The Labute approximate surface area is 182 Å². The molecule has 3 aliphatic rings. The van der Waals surface area contributed by atoms with Gasteiger partial charge in [0.2, 0.25) is 0 Å². The molecular weight excluding hydrogens is 422 g/mol. The second kappa shape index (κ2) is 8.10. The molecule has 3 amide bonds. The molecule has 1 fully saturated rings. The third kappa shape index (κ3) is 3.83. The summed E-state index contributed by atoms with van der Waals surface area (Å²) in [6.07, 6.45) is 2.23. The van der Waals surface area contributed by atoms with Crippen LogP contribution in [-0.2, 0) is 4.79 Å². The molecule has 3 heterocycles. The van der Waals surface area contributed by atoms with E-state index in [-0.39, 0.29) is 24.6 Å². The van der Waals surface area contributed by atoms with Crippen LogP contribution >= 0.6 is 0 Å². The first-order valence-corrected chi connectivity index (χ1v) is 10.3. The number of carbonyl (C=O) groups excluding carboxylic acids is 2. The van der Waals surface area contributed by atoms with Crippen LogP contribution in [0.4, 0.5) is 19.3 Å². The van der Waals surface area contributed by atoms with Crippen molar-refractivity contribution in [3.05, 3.63) is 53.6 Å². The maximum Gasteiger partial charge on any atom is 0.341 e. The predicted octanol–water partition coefficient (Wildman–Crippen LogP) is 3.30. The molecule has 10 heteroatoms. The fourth-order valence-corrected chi connectivity index (χ4v) is 4.14. The minimum Gasteiger partial charge on any atom is -0.486 e. The number of ether oxygens (including phenoxy) is 2. The summed E-state index contributed by atoms with van der Waals surface area (Å²) >= 11 is 0. The molecule has 166 valence electrons. The van der Waals surface area contributed by atoms with Crippen LogP contribution in [0.2, 0.25) is 0 Å². The van der Waals surface area contributed by atoms with Crippen LogP contribution in [0.15, 0.2) is 41.5 Å². The van der Waals surface area contributed by atoms with Crippen LogP contribution in [0.3, 0.4) is 0 Å². The van der Waals surface area contributed by atoms with Gasteiger partial charge in [-0.3, -0.25) is 4.79 Å². The standard InChI is InChI=1S/C22H20F2N4O4/c23-14-8-13(9-15(24)10-14)17-4-6-25-28(17)22(30)27-7-5-16(11-27)32-19-3-1-2-18-21(19)26-20(29)12-31-18/h1-3,6,8-10,16-17H,4-5,7,11-12H2,(H,26,29)/t16-,17+/m1/s1. The second-order valence-corrected chi connectivity index (χ2v) is 7.82. The number of carbonyl (C=O) groups is 2. The van der Waals surface area contributed by atoms with Crippen molar-refractivity contribution >= 4 is 23.8 Å². The molecule has 3 aliphatic heterocycles. The summed E-state index contributed by atoms with van der Waals surface area (Å²) in [7, 11) is 0. The largest absolute Gasteiger partial charge is 0.486 e. The van der Waals surface area contributed by atoms with E-state index in [0.717, 1.165) is 6.07 Å². The molecule has 0 unspecified atom stereocenters. The molecule has 0 spiro atoms. The number of hydrogen-bond donors (Lipinski definition) is 1. The number of para-hydroxylation sites is 1. The zero-order chi connectivity index (χ0) is 22.2. The second-order valence-electron chi connectivity index (χ2n) is 7.82. The van der Waals surface area contributed by atoms with Crippen molar-refractivity contribution < 1.29 is 27.8 Å². The van der Waals surface area contributed by atoms with Gasteiger partial charge in [0.05, 0.1) is 12.6 Å². The maximum absolute atomic E-state index is 13.7. The summed E-state index contributed by atoms with van der Waals surface area (Å²) in [5, 5.41) is 8.15. The Morgan fingerprint density at radius 3 is 2.84 bits per heavy atom. The van der Waals surface area contributed by atoms with Gasteiger partial charge in [-0.05, 0) is 29.8 Å². The lowest BCUT2D eigenvalue weighted by Gasteiger charge is -2.27. The molecule has 32 heavy (non-hydrogen) atoms. The quantitative estimate of drug-likeness (QED) is 0.791. The highest BCUT2D eigenvalue weighted by molar-refractivity contribution is 5.97. The highest BCUT2D eigenvalue weighted by Gasteiger charge is 2.36. The van der Waals surface area contributed by atoms with Gasteiger partial charge >= 0.3 is 6.03 Å². The number of urea groups is 1. The number of benzene rings is 2. The molecule has 8 nitrogen and oxygen atoms in total. The zero-order valence-electron chi connectivity index (χ0n) is 17.0. The predicted molar refractivity (Wildman–Crippen MR) is 111 cm³/mol. The van der Waals surface area contributed by atoms with E-state index in [1.165, 1.54) is 17.1 Å². The van der Waals surface area contributed by atoms with Crippen LogP contribution in [-0.4, -0.2) is 53.9 Å². The SMILES string of the molecule is O=C1COc2cccc(O[C@@H]3CCN(C(=O)N4N=CC[C@H]4c4cc(F)cc(F)c4)C3)c2N1. The van der Waals surface area contributed by atoms with Gasteiger partial charge in [-0.2, -0.15) is 5.10 Å².